The van der Waals surface area contributed by atoms with Crippen LogP contribution >= 0.6 is 0 Å². The van der Waals surface area contributed by atoms with E-state index in [4.69, 9.17) is 0 Å². The molecular formula is C21H25FN4O2. The van der Waals surface area contributed by atoms with Gasteiger partial charge in [0.05, 0.1) is 5.69 Å². The van der Waals surface area contributed by atoms with Crippen LogP contribution in [0.15, 0.2) is 24.3 Å². The van der Waals surface area contributed by atoms with E-state index in [1.165, 1.54) is 6.07 Å². The Morgan fingerprint density at radius 3 is 2.54 bits per heavy atom. The fourth-order valence-corrected chi connectivity index (χ4v) is 2.99. The molecule has 0 bridgehead atoms. The van der Waals surface area contributed by atoms with E-state index in [2.05, 4.69) is 15.5 Å². The Balaban J connectivity index is 1.85. The first-order valence-electron chi connectivity index (χ1n) is 9.46. The number of nitrogens with one attached hydrogen (secondary N) is 1. The van der Waals surface area contributed by atoms with E-state index in [1.54, 1.807) is 37.1 Å². The summed E-state index contributed by atoms with van der Waals surface area (Å²) in [5, 5.41) is 11.0. The molecule has 2 amide bonds. The molecule has 148 valence electrons. The van der Waals surface area contributed by atoms with Crippen molar-refractivity contribution < 1.29 is 14.0 Å². The van der Waals surface area contributed by atoms with Crippen molar-refractivity contribution in [2.45, 2.75) is 39.7 Å². The Hall–Kier alpha value is -2.83. The van der Waals surface area contributed by atoms with E-state index in [-0.39, 0.29) is 29.1 Å². The zero-order valence-corrected chi connectivity index (χ0v) is 16.6. The maximum Gasteiger partial charge on any atom is 0.274 e. The van der Waals surface area contributed by atoms with Crippen LogP contribution in [0.3, 0.4) is 0 Å². The van der Waals surface area contributed by atoms with Gasteiger partial charge in [-0.05, 0) is 55.5 Å². The smallest absolute Gasteiger partial charge is 0.274 e. The number of hydrogen-bond donors (Lipinski definition) is 1. The molecule has 2 aromatic rings. The molecule has 0 aliphatic heterocycles. The minimum atomic E-state index is -0.475. The molecule has 1 heterocycles. The quantitative estimate of drug-likeness (QED) is 0.830. The molecule has 1 aliphatic carbocycles. The first kappa shape index (κ1) is 19.9. The van der Waals surface area contributed by atoms with Gasteiger partial charge in [0.2, 0.25) is 0 Å². The fourth-order valence-electron chi connectivity index (χ4n) is 2.99. The van der Waals surface area contributed by atoms with Crippen molar-refractivity contribution >= 4 is 11.8 Å². The predicted octanol–water partition coefficient (Wildman–Crippen LogP) is 3.21. The largest absolute Gasteiger partial charge is 0.349 e. The fraction of sp³-hybridized carbons (Fsp3) is 0.429. The Bertz CT molecular complexity index is 892. The summed E-state index contributed by atoms with van der Waals surface area (Å²) in [6, 6.07) is 6.26. The lowest BCUT2D eigenvalue weighted by molar-refractivity contribution is 0.0772. The van der Waals surface area contributed by atoms with Gasteiger partial charge in [-0.15, -0.1) is 10.2 Å². The van der Waals surface area contributed by atoms with Crippen LogP contribution in [0.1, 0.15) is 53.1 Å². The summed E-state index contributed by atoms with van der Waals surface area (Å²) in [6.45, 7) is 6.31. The second kappa shape index (κ2) is 8.04. The van der Waals surface area contributed by atoms with Crippen molar-refractivity contribution in [2.75, 3.05) is 13.6 Å². The van der Waals surface area contributed by atoms with Crippen LogP contribution in [0.2, 0.25) is 0 Å². The number of hydrogen-bond acceptors (Lipinski definition) is 4. The maximum atomic E-state index is 14.4. The number of carbonyl (C=O) groups excluding carboxylic acids is 2. The number of aromatic nitrogens is 2. The summed E-state index contributed by atoms with van der Waals surface area (Å²) in [6.07, 6.45) is 1.92. The van der Waals surface area contributed by atoms with Gasteiger partial charge in [-0.25, -0.2) is 4.39 Å². The van der Waals surface area contributed by atoms with Crippen molar-refractivity contribution in [3.05, 3.63) is 46.9 Å². The Labute approximate surface area is 164 Å². The second-order valence-electron chi connectivity index (χ2n) is 7.76. The zero-order valence-electron chi connectivity index (χ0n) is 16.6. The number of nitrogens with zero attached hydrogens (tertiary/aromatic N) is 3. The third kappa shape index (κ3) is 4.52. The van der Waals surface area contributed by atoms with Crippen molar-refractivity contribution in [3.8, 4) is 11.3 Å². The van der Waals surface area contributed by atoms with Crippen LogP contribution < -0.4 is 5.32 Å². The molecule has 6 nitrogen and oxygen atoms in total. The molecule has 28 heavy (non-hydrogen) atoms. The average Bonchev–Trinajstić information content (AvgIpc) is 3.46. The summed E-state index contributed by atoms with van der Waals surface area (Å²) < 4.78 is 14.4. The van der Waals surface area contributed by atoms with Crippen molar-refractivity contribution in [1.29, 1.82) is 0 Å². The minimum Gasteiger partial charge on any atom is -0.349 e. The van der Waals surface area contributed by atoms with Gasteiger partial charge < -0.3 is 10.2 Å². The normalized spacial score (nSPS) is 13.5. The number of carbonyl (C=O) groups is 2. The average molecular weight is 384 g/mol. The Morgan fingerprint density at radius 1 is 1.25 bits per heavy atom. The van der Waals surface area contributed by atoms with Crippen LogP contribution in [-0.2, 0) is 0 Å². The van der Waals surface area contributed by atoms with Gasteiger partial charge in [-0.3, -0.25) is 9.59 Å². The lowest BCUT2D eigenvalue weighted by Crippen LogP contribution is -2.31. The number of benzene rings is 1. The van der Waals surface area contributed by atoms with Crippen molar-refractivity contribution in [1.82, 2.24) is 20.4 Å². The molecule has 1 aliphatic rings. The van der Waals surface area contributed by atoms with Crippen LogP contribution in [0, 0.1) is 18.7 Å². The van der Waals surface area contributed by atoms with E-state index >= 15 is 0 Å². The van der Waals surface area contributed by atoms with Gasteiger partial charge in [0.25, 0.3) is 11.8 Å². The van der Waals surface area contributed by atoms with Crippen LogP contribution in [0.4, 0.5) is 4.39 Å². The maximum absolute atomic E-state index is 14.4. The standard InChI is InChI=1S/C21H25FN4O2/c1-12(2)11-26(4)21(28)19-8-7-18(24-25-19)16-9-14(10-17(22)13(16)3)20(27)23-15-5-6-15/h7-10,12,15H,5-6,11H2,1-4H3,(H,23,27). The molecule has 0 atom stereocenters. The molecule has 0 saturated heterocycles. The Kier molecular flexibility index (Phi) is 5.72. The monoisotopic (exact) mass is 384 g/mol. The molecule has 1 aromatic carbocycles. The highest BCUT2D eigenvalue weighted by molar-refractivity contribution is 5.96. The highest BCUT2D eigenvalue weighted by Crippen LogP contribution is 2.26. The van der Waals surface area contributed by atoms with Gasteiger partial charge in [0.15, 0.2) is 5.69 Å². The number of halogens is 1. The third-order valence-corrected chi connectivity index (χ3v) is 4.66. The van der Waals surface area contributed by atoms with E-state index in [9.17, 15) is 14.0 Å². The first-order chi connectivity index (χ1) is 13.3. The summed E-state index contributed by atoms with van der Waals surface area (Å²) in [4.78, 5) is 26.3. The highest BCUT2D eigenvalue weighted by Gasteiger charge is 2.25. The Morgan fingerprint density at radius 2 is 1.96 bits per heavy atom. The summed E-state index contributed by atoms with van der Waals surface area (Å²) >= 11 is 0. The molecule has 1 saturated carbocycles. The summed E-state index contributed by atoms with van der Waals surface area (Å²) in [5.41, 5.74) is 1.77. The van der Waals surface area contributed by atoms with E-state index in [0.29, 0.717) is 29.3 Å². The van der Waals surface area contributed by atoms with Gasteiger partial charge in [-0.1, -0.05) is 13.8 Å². The van der Waals surface area contributed by atoms with Crippen molar-refractivity contribution in [2.24, 2.45) is 5.92 Å². The molecule has 0 spiro atoms. The van der Waals surface area contributed by atoms with Crippen LogP contribution in [0.25, 0.3) is 11.3 Å². The molecule has 0 unspecified atom stereocenters. The van der Waals surface area contributed by atoms with E-state index in [0.717, 1.165) is 12.8 Å². The molecule has 0 radical (unpaired) electrons. The van der Waals surface area contributed by atoms with Crippen molar-refractivity contribution in [3.63, 3.8) is 0 Å². The number of amides is 2. The molecule has 1 N–H and O–H groups in total. The predicted molar refractivity (Wildman–Crippen MR) is 104 cm³/mol. The van der Waals surface area contributed by atoms with Gasteiger partial charge in [0.1, 0.15) is 5.82 Å². The SMILES string of the molecule is Cc1c(F)cc(C(=O)NC2CC2)cc1-c1ccc(C(=O)N(C)CC(C)C)nn1. The summed E-state index contributed by atoms with van der Waals surface area (Å²) in [7, 11) is 1.72. The van der Waals surface area contributed by atoms with Gasteiger partial charge >= 0.3 is 0 Å². The van der Waals surface area contributed by atoms with E-state index in [1.807, 2.05) is 13.8 Å². The highest BCUT2D eigenvalue weighted by atomic mass is 19.1. The molecule has 3 rings (SSSR count). The second-order valence-corrected chi connectivity index (χ2v) is 7.76. The third-order valence-electron chi connectivity index (χ3n) is 4.66. The molecular weight excluding hydrogens is 359 g/mol. The first-order valence-corrected chi connectivity index (χ1v) is 9.46. The van der Waals surface area contributed by atoms with Crippen LogP contribution in [0.5, 0.6) is 0 Å². The lowest BCUT2D eigenvalue weighted by atomic mass is 10.0. The van der Waals surface area contributed by atoms with Gasteiger partial charge in [0, 0.05) is 30.8 Å². The lowest BCUT2D eigenvalue weighted by Gasteiger charge is -2.18. The molecule has 7 heteroatoms. The van der Waals surface area contributed by atoms with E-state index < -0.39 is 5.82 Å². The zero-order chi connectivity index (χ0) is 20.4. The summed E-state index contributed by atoms with van der Waals surface area (Å²) in [5.74, 6) is -0.640. The molecule has 1 fully saturated rings. The number of rotatable bonds is 6. The topological polar surface area (TPSA) is 75.2 Å². The van der Waals surface area contributed by atoms with Gasteiger partial charge in [-0.2, -0.15) is 0 Å². The van der Waals surface area contributed by atoms with Crippen LogP contribution in [-0.4, -0.2) is 46.5 Å². The molecule has 1 aromatic heterocycles. The minimum absolute atomic E-state index is 0.188.